The Kier molecular flexibility index (Phi) is 2.54. The van der Waals surface area contributed by atoms with Gasteiger partial charge in [0.2, 0.25) is 0 Å². The number of amidine groups is 1. The molecule has 58 valence electrons. The number of hydrogen-bond acceptors (Lipinski definition) is 2. The highest BCUT2D eigenvalue weighted by molar-refractivity contribution is 5.88. The van der Waals surface area contributed by atoms with Crippen LogP contribution in [0.25, 0.3) is 0 Å². The molecule has 1 aromatic rings. The predicted octanol–water partition coefficient (Wildman–Crippen LogP) is 1.55. The summed E-state index contributed by atoms with van der Waals surface area (Å²) in [5, 5.41) is 6.47. The van der Waals surface area contributed by atoms with Crippen molar-refractivity contribution in [2.45, 2.75) is 13.8 Å². The minimum Gasteiger partial charge on any atom is -0.261 e. The Bertz CT molecular complexity index is 258. The lowest BCUT2D eigenvalue weighted by molar-refractivity contribution is 1.08. The first-order chi connectivity index (χ1) is 5.33. The molecule has 0 saturated carbocycles. The fourth-order valence-electron chi connectivity index (χ4n) is 0.701. The van der Waals surface area contributed by atoms with Crippen LogP contribution in [0.1, 0.15) is 13.8 Å². The maximum absolute atomic E-state index is 4.11. The summed E-state index contributed by atoms with van der Waals surface area (Å²) in [4.78, 5) is 8.09. The highest BCUT2D eigenvalue weighted by Crippen LogP contribution is 2.04. The number of rotatable bonds is 1. The summed E-state index contributed by atoms with van der Waals surface area (Å²) in [7, 11) is 0. The van der Waals surface area contributed by atoms with Gasteiger partial charge < -0.3 is 0 Å². The van der Waals surface area contributed by atoms with Crippen molar-refractivity contribution in [2.24, 2.45) is 9.98 Å². The monoisotopic (exact) mass is 150 g/mol. The first-order valence-corrected chi connectivity index (χ1v) is 3.36. The van der Waals surface area contributed by atoms with Gasteiger partial charge in [0, 0.05) is 12.3 Å². The topological polar surface area (TPSA) is 53.4 Å². The Labute approximate surface area is 65.1 Å². The molecule has 1 aromatic heterocycles. The van der Waals surface area contributed by atoms with Crippen LogP contribution in [0.15, 0.2) is 22.2 Å². The van der Waals surface area contributed by atoms with Crippen LogP contribution in [0.3, 0.4) is 0 Å². The largest absolute Gasteiger partial charge is 0.261 e. The second kappa shape index (κ2) is 3.65. The van der Waals surface area contributed by atoms with Gasteiger partial charge in [-0.3, -0.25) is 5.10 Å². The average molecular weight is 150 g/mol. The summed E-state index contributed by atoms with van der Waals surface area (Å²) in [6.07, 6.45) is 3.36. The summed E-state index contributed by atoms with van der Waals surface area (Å²) in [6.45, 7) is 3.69. The normalized spacial score (nSPS) is 12.7. The standard InChI is InChI=1S/C7H10N4/c1-3-8-6(2)10-7-4-5-9-11-7/h3-5H,1-2H3,(H,9,11)/b8-3?,10-6-. The zero-order valence-electron chi connectivity index (χ0n) is 6.57. The Morgan fingerprint density at radius 1 is 1.73 bits per heavy atom. The van der Waals surface area contributed by atoms with Gasteiger partial charge in [-0.25, -0.2) is 9.98 Å². The molecule has 0 unspecified atom stereocenters. The van der Waals surface area contributed by atoms with E-state index in [2.05, 4.69) is 20.2 Å². The molecule has 4 heteroatoms. The highest BCUT2D eigenvalue weighted by atomic mass is 15.2. The van der Waals surface area contributed by atoms with Crippen LogP contribution < -0.4 is 0 Å². The van der Waals surface area contributed by atoms with Gasteiger partial charge in [0.15, 0.2) is 0 Å². The van der Waals surface area contributed by atoms with E-state index in [-0.39, 0.29) is 0 Å². The van der Waals surface area contributed by atoms with E-state index in [1.165, 1.54) is 0 Å². The van der Waals surface area contributed by atoms with Crippen LogP contribution in [-0.4, -0.2) is 22.2 Å². The molecule has 0 aromatic carbocycles. The van der Waals surface area contributed by atoms with Gasteiger partial charge in [0.25, 0.3) is 0 Å². The van der Waals surface area contributed by atoms with Crippen molar-refractivity contribution < 1.29 is 0 Å². The highest BCUT2D eigenvalue weighted by Gasteiger charge is 1.88. The molecule has 0 bridgehead atoms. The second-order valence-electron chi connectivity index (χ2n) is 1.99. The SMILES string of the molecule is CC=N/C(C)=N\c1ccn[nH]1. The summed E-state index contributed by atoms with van der Waals surface area (Å²) in [5.74, 6) is 1.45. The Morgan fingerprint density at radius 3 is 3.09 bits per heavy atom. The van der Waals surface area contributed by atoms with E-state index < -0.39 is 0 Å². The van der Waals surface area contributed by atoms with Gasteiger partial charge in [-0.15, -0.1) is 0 Å². The predicted molar refractivity (Wildman–Crippen MR) is 45.5 cm³/mol. The van der Waals surface area contributed by atoms with Crippen molar-refractivity contribution in [1.82, 2.24) is 10.2 Å². The van der Waals surface area contributed by atoms with Crippen LogP contribution in [0.4, 0.5) is 5.82 Å². The zero-order chi connectivity index (χ0) is 8.10. The maximum Gasteiger partial charge on any atom is 0.149 e. The van der Waals surface area contributed by atoms with Crippen LogP contribution in [0.5, 0.6) is 0 Å². The maximum atomic E-state index is 4.11. The smallest absolute Gasteiger partial charge is 0.149 e. The van der Waals surface area contributed by atoms with Crippen LogP contribution in [-0.2, 0) is 0 Å². The molecule has 1 heterocycles. The van der Waals surface area contributed by atoms with Crippen molar-refractivity contribution in [3.05, 3.63) is 12.3 Å². The van der Waals surface area contributed by atoms with E-state index >= 15 is 0 Å². The van der Waals surface area contributed by atoms with Gasteiger partial charge in [0.1, 0.15) is 11.7 Å². The van der Waals surface area contributed by atoms with Crippen LogP contribution in [0.2, 0.25) is 0 Å². The summed E-state index contributed by atoms with van der Waals surface area (Å²) >= 11 is 0. The van der Waals surface area contributed by atoms with Gasteiger partial charge in [-0.1, -0.05) is 0 Å². The third-order valence-electron chi connectivity index (χ3n) is 1.08. The summed E-state index contributed by atoms with van der Waals surface area (Å²) in [5.41, 5.74) is 0. The number of H-pyrrole nitrogens is 1. The van der Waals surface area contributed by atoms with E-state index in [4.69, 9.17) is 0 Å². The molecular weight excluding hydrogens is 140 g/mol. The van der Waals surface area contributed by atoms with E-state index in [0.717, 1.165) is 11.7 Å². The van der Waals surface area contributed by atoms with Crippen molar-refractivity contribution >= 4 is 17.9 Å². The summed E-state index contributed by atoms with van der Waals surface area (Å²) in [6, 6.07) is 1.79. The van der Waals surface area contributed by atoms with Gasteiger partial charge >= 0.3 is 0 Å². The van der Waals surface area contributed by atoms with E-state index in [1.54, 1.807) is 18.5 Å². The molecule has 1 rings (SSSR count). The summed E-state index contributed by atoms with van der Waals surface area (Å²) < 4.78 is 0. The first-order valence-electron chi connectivity index (χ1n) is 3.36. The molecule has 0 spiro atoms. The third kappa shape index (κ3) is 2.33. The lowest BCUT2D eigenvalue weighted by Crippen LogP contribution is -1.83. The Balaban J connectivity index is 2.73. The molecule has 0 aliphatic rings. The van der Waals surface area contributed by atoms with Gasteiger partial charge in [-0.2, -0.15) is 5.10 Å². The molecule has 11 heavy (non-hydrogen) atoms. The quantitative estimate of drug-likeness (QED) is 0.479. The van der Waals surface area contributed by atoms with E-state index in [0.29, 0.717) is 0 Å². The number of aromatic amines is 1. The van der Waals surface area contributed by atoms with Crippen molar-refractivity contribution in [3.8, 4) is 0 Å². The van der Waals surface area contributed by atoms with Crippen molar-refractivity contribution in [2.75, 3.05) is 0 Å². The van der Waals surface area contributed by atoms with Gasteiger partial charge in [-0.05, 0) is 13.8 Å². The molecule has 0 radical (unpaired) electrons. The van der Waals surface area contributed by atoms with E-state index in [9.17, 15) is 0 Å². The minimum absolute atomic E-state index is 0.719. The van der Waals surface area contributed by atoms with Gasteiger partial charge in [0.05, 0.1) is 6.20 Å². The molecular formula is C7H10N4. The van der Waals surface area contributed by atoms with Crippen LogP contribution >= 0.6 is 0 Å². The molecule has 0 saturated heterocycles. The fourth-order valence-corrected chi connectivity index (χ4v) is 0.701. The molecule has 4 nitrogen and oxygen atoms in total. The zero-order valence-corrected chi connectivity index (χ0v) is 6.57. The molecule has 1 N–H and O–H groups in total. The number of aromatic nitrogens is 2. The lowest BCUT2D eigenvalue weighted by atomic mass is 10.6. The number of nitrogens with zero attached hydrogens (tertiary/aromatic N) is 3. The molecule has 0 aliphatic carbocycles. The molecule has 0 aliphatic heterocycles. The third-order valence-corrected chi connectivity index (χ3v) is 1.08. The molecule has 0 atom stereocenters. The van der Waals surface area contributed by atoms with E-state index in [1.807, 2.05) is 13.8 Å². The fraction of sp³-hybridized carbons (Fsp3) is 0.286. The number of nitrogens with one attached hydrogen (secondary N) is 1. The second-order valence-corrected chi connectivity index (χ2v) is 1.99. The van der Waals surface area contributed by atoms with Crippen LogP contribution in [0, 0.1) is 0 Å². The number of hydrogen-bond donors (Lipinski definition) is 1. The first kappa shape index (κ1) is 7.65. The Morgan fingerprint density at radius 2 is 2.55 bits per heavy atom. The molecule has 0 fully saturated rings. The minimum atomic E-state index is 0.719. The van der Waals surface area contributed by atoms with Crippen molar-refractivity contribution in [3.63, 3.8) is 0 Å². The molecule has 0 amide bonds. The number of aliphatic imine (C=N–C) groups is 2. The Hall–Kier alpha value is -1.45. The van der Waals surface area contributed by atoms with Crippen molar-refractivity contribution in [1.29, 1.82) is 0 Å². The average Bonchev–Trinajstić information content (AvgIpc) is 2.40. The lowest BCUT2D eigenvalue weighted by Gasteiger charge is -1.87.